The van der Waals surface area contributed by atoms with Gasteiger partial charge in [-0.15, -0.1) is 11.3 Å². The second kappa shape index (κ2) is 6.76. The first-order chi connectivity index (χ1) is 10.3. The maximum Gasteiger partial charge on any atom is 0.113 e. The first-order valence-corrected chi connectivity index (χ1v) is 9.55. The highest BCUT2D eigenvalue weighted by molar-refractivity contribution is 7.12. The van der Waals surface area contributed by atoms with E-state index < -0.39 is 0 Å². The number of nitrogens with one attached hydrogen (secondary N) is 1. The zero-order chi connectivity index (χ0) is 14.7. The highest BCUT2D eigenvalue weighted by Crippen LogP contribution is 2.39. The highest BCUT2D eigenvalue weighted by atomic mass is 32.1. The first-order valence-electron chi connectivity index (χ1n) is 8.74. The second-order valence-electron chi connectivity index (χ2n) is 6.59. The first kappa shape index (κ1) is 15.4. The van der Waals surface area contributed by atoms with Gasteiger partial charge in [0.25, 0.3) is 0 Å². The molecule has 1 aromatic heterocycles. The summed E-state index contributed by atoms with van der Waals surface area (Å²) in [6.07, 6.45) is 8.69. The Hall–Kier alpha value is -0.450. The Morgan fingerprint density at radius 1 is 1.19 bits per heavy atom. The van der Waals surface area contributed by atoms with Crippen molar-refractivity contribution in [3.05, 3.63) is 15.6 Å². The molecular weight excluding hydrogens is 278 g/mol. The molecule has 4 heteroatoms. The Bertz CT molecular complexity index is 439. The number of piperidine rings is 1. The molecule has 2 aliphatic rings. The summed E-state index contributed by atoms with van der Waals surface area (Å²) in [6, 6.07) is 0. The molecule has 0 aromatic carbocycles. The zero-order valence-corrected chi connectivity index (χ0v) is 14.4. The van der Waals surface area contributed by atoms with Crippen molar-refractivity contribution in [3.8, 4) is 0 Å². The Kier molecular flexibility index (Phi) is 4.97. The van der Waals surface area contributed by atoms with Crippen LogP contribution in [0.2, 0.25) is 0 Å². The largest absolute Gasteiger partial charge is 0.305 e. The Morgan fingerprint density at radius 2 is 2.00 bits per heavy atom. The molecule has 1 N–H and O–H groups in total. The molecule has 0 radical (unpaired) electrons. The van der Waals surface area contributed by atoms with Gasteiger partial charge in [0.05, 0.1) is 11.2 Å². The van der Waals surface area contributed by atoms with Crippen LogP contribution in [-0.2, 0) is 18.4 Å². The monoisotopic (exact) mass is 307 g/mol. The maximum atomic E-state index is 5.05. The molecule has 0 bridgehead atoms. The summed E-state index contributed by atoms with van der Waals surface area (Å²) in [5.41, 5.74) is 1.57. The summed E-state index contributed by atoms with van der Waals surface area (Å²) < 4.78 is 0. The second-order valence-corrected chi connectivity index (χ2v) is 7.68. The summed E-state index contributed by atoms with van der Waals surface area (Å²) in [5, 5.41) is 5.26. The van der Waals surface area contributed by atoms with Crippen molar-refractivity contribution in [2.75, 3.05) is 26.2 Å². The lowest BCUT2D eigenvalue weighted by Crippen LogP contribution is -2.51. The molecule has 21 heavy (non-hydrogen) atoms. The van der Waals surface area contributed by atoms with Crippen LogP contribution in [-0.4, -0.2) is 36.1 Å². The SMILES string of the molecule is CCCNC1(c2nc3c(s2)CCC3)CCN(CCC)CC1. The molecule has 0 unspecified atom stereocenters. The highest BCUT2D eigenvalue weighted by Gasteiger charge is 2.39. The van der Waals surface area contributed by atoms with Crippen molar-refractivity contribution in [1.82, 2.24) is 15.2 Å². The minimum absolute atomic E-state index is 0.162. The van der Waals surface area contributed by atoms with Crippen LogP contribution in [0.3, 0.4) is 0 Å². The summed E-state index contributed by atoms with van der Waals surface area (Å²) >= 11 is 2.00. The average molecular weight is 308 g/mol. The summed E-state index contributed by atoms with van der Waals surface area (Å²) in [6.45, 7) is 9.33. The number of nitrogens with zero attached hydrogens (tertiary/aromatic N) is 2. The fourth-order valence-electron chi connectivity index (χ4n) is 3.70. The molecule has 1 aromatic rings. The fourth-order valence-corrected chi connectivity index (χ4v) is 5.07. The number of hydrogen-bond acceptors (Lipinski definition) is 4. The quantitative estimate of drug-likeness (QED) is 0.874. The molecule has 0 amide bonds. The van der Waals surface area contributed by atoms with Crippen LogP contribution in [0.1, 0.15) is 61.5 Å². The van der Waals surface area contributed by atoms with Crippen LogP contribution >= 0.6 is 11.3 Å². The molecule has 2 heterocycles. The maximum absolute atomic E-state index is 5.05. The minimum Gasteiger partial charge on any atom is -0.305 e. The van der Waals surface area contributed by atoms with Crippen LogP contribution in [0.4, 0.5) is 0 Å². The van der Waals surface area contributed by atoms with Crippen molar-refractivity contribution in [2.45, 2.75) is 64.3 Å². The molecule has 3 nitrogen and oxygen atoms in total. The van der Waals surface area contributed by atoms with Gasteiger partial charge in [0.2, 0.25) is 0 Å². The van der Waals surface area contributed by atoms with Crippen LogP contribution in [0.15, 0.2) is 0 Å². The van der Waals surface area contributed by atoms with E-state index in [-0.39, 0.29) is 5.54 Å². The molecule has 0 atom stereocenters. The number of aromatic nitrogens is 1. The fraction of sp³-hybridized carbons (Fsp3) is 0.824. The normalized spacial score (nSPS) is 21.6. The van der Waals surface area contributed by atoms with Gasteiger partial charge in [-0.05, 0) is 58.0 Å². The van der Waals surface area contributed by atoms with Gasteiger partial charge >= 0.3 is 0 Å². The number of aryl methyl sites for hydroxylation is 2. The van der Waals surface area contributed by atoms with E-state index in [0.29, 0.717) is 0 Å². The Balaban J connectivity index is 1.77. The van der Waals surface area contributed by atoms with Gasteiger partial charge in [-0.3, -0.25) is 0 Å². The lowest BCUT2D eigenvalue weighted by atomic mass is 9.87. The van der Waals surface area contributed by atoms with Gasteiger partial charge in [-0.2, -0.15) is 0 Å². The molecule has 1 fully saturated rings. The van der Waals surface area contributed by atoms with Gasteiger partial charge < -0.3 is 10.2 Å². The van der Waals surface area contributed by atoms with Crippen LogP contribution in [0.25, 0.3) is 0 Å². The van der Waals surface area contributed by atoms with E-state index in [1.54, 1.807) is 4.88 Å². The zero-order valence-electron chi connectivity index (χ0n) is 13.6. The van der Waals surface area contributed by atoms with E-state index in [4.69, 9.17) is 4.98 Å². The lowest BCUT2D eigenvalue weighted by molar-refractivity contribution is 0.134. The lowest BCUT2D eigenvalue weighted by Gasteiger charge is -2.41. The number of rotatable bonds is 6. The Morgan fingerprint density at radius 3 is 2.67 bits per heavy atom. The Labute approximate surface area is 133 Å². The van der Waals surface area contributed by atoms with E-state index >= 15 is 0 Å². The van der Waals surface area contributed by atoms with E-state index in [9.17, 15) is 0 Å². The van der Waals surface area contributed by atoms with Crippen molar-refractivity contribution >= 4 is 11.3 Å². The molecule has 3 rings (SSSR count). The summed E-state index contributed by atoms with van der Waals surface area (Å²) in [4.78, 5) is 9.23. The minimum atomic E-state index is 0.162. The topological polar surface area (TPSA) is 28.2 Å². The van der Waals surface area contributed by atoms with Crippen LogP contribution in [0, 0.1) is 0 Å². The molecule has 0 spiro atoms. The summed E-state index contributed by atoms with van der Waals surface area (Å²) in [5.74, 6) is 0. The number of likely N-dealkylation sites (tertiary alicyclic amines) is 1. The summed E-state index contributed by atoms with van der Waals surface area (Å²) in [7, 11) is 0. The van der Waals surface area contributed by atoms with E-state index in [1.165, 1.54) is 75.3 Å². The van der Waals surface area contributed by atoms with Gasteiger partial charge in [-0.1, -0.05) is 13.8 Å². The molecule has 1 saturated heterocycles. The van der Waals surface area contributed by atoms with Gasteiger partial charge in [0.15, 0.2) is 0 Å². The molecule has 1 aliphatic heterocycles. The number of thiazole rings is 1. The predicted octanol–water partition coefficient (Wildman–Crippen LogP) is 3.33. The van der Waals surface area contributed by atoms with Crippen LogP contribution in [0.5, 0.6) is 0 Å². The van der Waals surface area contributed by atoms with Gasteiger partial charge in [0, 0.05) is 18.0 Å². The smallest absolute Gasteiger partial charge is 0.113 e. The van der Waals surface area contributed by atoms with E-state index in [2.05, 4.69) is 24.1 Å². The third-order valence-corrected chi connectivity index (χ3v) is 6.33. The molecule has 0 saturated carbocycles. The third kappa shape index (κ3) is 3.17. The predicted molar refractivity (Wildman–Crippen MR) is 90.1 cm³/mol. The average Bonchev–Trinajstić information content (AvgIpc) is 3.09. The van der Waals surface area contributed by atoms with Gasteiger partial charge in [0.1, 0.15) is 5.01 Å². The van der Waals surface area contributed by atoms with Crippen LogP contribution < -0.4 is 5.32 Å². The van der Waals surface area contributed by atoms with Gasteiger partial charge in [-0.25, -0.2) is 4.98 Å². The molecule has 118 valence electrons. The van der Waals surface area contributed by atoms with E-state index in [1.807, 2.05) is 11.3 Å². The van der Waals surface area contributed by atoms with Crippen molar-refractivity contribution in [1.29, 1.82) is 0 Å². The van der Waals surface area contributed by atoms with Crippen molar-refractivity contribution in [2.24, 2.45) is 0 Å². The van der Waals surface area contributed by atoms with E-state index in [0.717, 1.165) is 6.54 Å². The van der Waals surface area contributed by atoms with Crippen molar-refractivity contribution in [3.63, 3.8) is 0 Å². The number of fused-ring (bicyclic) bond motifs is 1. The standard InChI is InChI=1S/C17H29N3S/c1-3-10-18-17(8-12-20(11-4-2)13-9-17)16-19-14-6-5-7-15(14)21-16/h18H,3-13H2,1-2H3. The molecule has 1 aliphatic carbocycles. The molecular formula is C17H29N3S. The van der Waals surface area contributed by atoms with Crippen molar-refractivity contribution < 1.29 is 0 Å². The number of hydrogen-bond donors (Lipinski definition) is 1. The third-order valence-electron chi connectivity index (χ3n) is 4.97.